The summed E-state index contributed by atoms with van der Waals surface area (Å²) in [5.74, 6) is -1.67. The van der Waals surface area contributed by atoms with E-state index in [1.165, 1.54) is 17.5 Å². The van der Waals surface area contributed by atoms with E-state index in [1.54, 1.807) is 24.3 Å². The average molecular weight is 475 g/mol. The number of anilines is 1. The second-order valence-electron chi connectivity index (χ2n) is 8.12. The van der Waals surface area contributed by atoms with Crippen LogP contribution in [-0.4, -0.2) is 24.4 Å². The van der Waals surface area contributed by atoms with E-state index in [2.05, 4.69) is 5.32 Å². The third-order valence-electron chi connectivity index (χ3n) is 5.61. The fraction of sp³-hybridized carbons (Fsp3) is 0.222. The van der Waals surface area contributed by atoms with Gasteiger partial charge in [0.05, 0.1) is 5.56 Å². The second kappa shape index (κ2) is 12.5. The Morgan fingerprint density at radius 1 is 0.800 bits per heavy atom. The SMILES string of the molecule is NC(=O)c1ccc2c(c1)CCC2.NCc1ccc(NCC(=O)OC(=O)c2cccc(CN)c2)cc1. The van der Waals surface area contributed by atoms with E-state index < -0.39 is 11.9 Å². The van der Waals surface area contributed by atoms with Gasteiger partial charge in [-0.05, 0) is 77.9 Å². The van der Waals surface area contributed by atoms with E-state index in [0.717, 1.165) is 29.7 Å². The van der Waals surface area contributed by atoms with Crippen LogP contribution in [0.4, 0.5) is 5.69 Å². The lowest BCUT2D eigenvalue weighted by molar-refractivity contribution is -0.135. The first-order valence-electron chi connectivity index (χ1n) is 11.4. The van der Waals surface area contributed by atoms with Crippen molar-refractivity contribution in [3.63, 3.8) is 0 Å². The number of hydrogen-bond donors (Lipinski definition) is 4. The van der Waals surface area contributed by atoms with Gasteiger partial charge in [-0.3, -0.25) is 4.79 Å². The number of nitrogens with one attached hydrogen (secondary N) is 1. The first-order chi connectivity index (χ1) is 16.9. The van der Waals surface area contributed by atoms with Crippen molar-refractivity contribution in [1.82, 2.24) is 0 Å². The molecule has 3 aromatic rings. The van der Waals surface area contributed by atoms with Crippen LogP contribution in [0.15, 0.2) is 66.7 Å². The van der Waals surface area contributed by atoms with Crippen LogP contribution in [0.5, 0.6) is 0 Å². The first kappa shape index (κ1) is 25.6. The molecule has 0 aliphatic heterocycles. The Morgan fingerprint density at radius 3 is 2.20 bits per heavy atom. The highest BCUT2D eigenvalue weighted by atomic mass is 16.6. The molecule has 35 heavy (non-hydrogen) atoms. The quantitative estimate of drug-likeness (QED) is 0.304. The summed E-state index contributed by atoms with van der Waals surface area (Å²) in [6.45, 7) is 0.665. The van der Waals surface area contributed by atoms with Gasteiger partial charge in [0, 0.05) is 24.3 Å². The molecule has 0 bridgehead atoms. The molecule has 8 heteroatoms. The average Bonchev–Trinajstić information content (AvgIpc) is 3.36. The van der Waals surface area contributed by atoms with Crippen LogP contribution in [0.1, 0.15) is 49.4 Å². The lowest BCUT2D eigenvalue weighted by Crippen LogP contribution is -2.20. The number of carbonyl (C=O) groups excluding carboxylic acids is 3. The van der Waals surface area contributed by atoms with E-state index in [4.69, 9.17) is 21.9 Å². The molecule has 0 saturated heterocycles. The van der Waals surface area contributed by atoms with Gasteiger partial charge in [0.1, 0.15) is 6.54 Å². The molecular weight excluding hydrogens is 444 g/mol. The number of rotatable bonds is 7. The summed E-state index contributed by atoms with van der Waals surface area (Å²) >= 11 is 0. The molecule has 0 unspecified atom stereocenters. The lowest BCUT2D eigenvalue weighted by atomic mass is 10.1. The number of amides is 1. The highest BCUT2D eigenvalue weighted by molar-refractivity contribution is 5.97. The molecule has 0 saturated carbocycles. The van der Waals surface area contributed by atoms with Gasteiger partial charge < -0.3 is 27.3 Å². The Balaban J connectivity index is 0.000000237. The normalized spacial score (nSPS) is 11.6. The first-order valence-corrected chi connectivity index (χ1v) is 11.4. The molecule has 0 atom stereocenters. The molecule has 182 valence electrons. The van der Waals surface area contributed by atoms with Crippen molar-refractivity contribution in [2.75, 3.05) is 11.9 Å². The summed E-state index contributed by atoms with van der Waals surface area (Å²) < 4.78 is 4.80. The van der Waals surface area contributed by atoms with Crippen molar-refractivity contribution in [3.05, 3.63) is 100 Å². The number of benzene rings is 3. The molecule has 4 rings (SSSR count). The number of aryl methyl sites for hydroxylation is 2. The van der Waals surface area contributed by atoms with Gasteiger partial charge in [-0.1, -0.05) is 30.3 Å². The van der Waals surface area contributed by atoms with Crippen molar-refractivity contribution >= 4 is 23.5 Å². The van der Waals surface area contributed by atoms with Gasteiger partial charge in [0.2, 0.25) is 5.91 Å². The number of ether oxygens (including phenoxy) is 1. The zero-order valence-corrected chi connectivity index (χ0v) is 19.5. The summed E-state index contributed by atoms with van der Waals surface area (Å²) in [4.78, 5) is 34.4. The molecule has 1 aliphatic rings. The Labute approximate surface area is 204 Å². The van der Waals surface area contributed by atoms with E-state index in [9.17, 15) is 14.4 Å². The highest BCUT2D eigenvalue weighted by Crippen LogP contribution is 2.22. The van der Waals surface area contributed by atoms with Crippen molar-refractivity contribution < 1.29 is 19.1 Å². The van der Waals surface area contributed by atoms with Crippen LogP contribution < -0.4 is 22.5 Å². The second-order valence-corrected chi connectivity index (χ2v) is 8.12. The minimum absolute atomic E-state index is 0.107. The zero-order valence-electron chi connectivity index (χ0n) is 19.5. The summed E-state index contributed by atoms with van der Waals surface area (Å²) in [6.07, 6.45) is 3.45. The van der Waals surface area contributed by atoms with E-state index >= 15 is 0 Å². The van der Waals surface area contributed by atoms with Crippen molar-refractivity contribution in [2.45, 2.75) is 32.4 Å². The van der Waals surface area contributed by atoms with E-state index in [-0.39, 0.29) is 12.5 Å². The summed E-state index contributed by atoms with van der Waals surface area (Å²) in [7, 11) is 0. The van der Waals surface area contributed by atoms with Crippen LogP contribution in [0.2, 0.25) is 0 Å². The van der Waals surface area contributed by atoms with Crippen LogP contribution in [0, 0.1) is 0 Å². The predicted octanol–water partition coefficient (Wildman–Crippen LogP) is 2.67. The zero-order chi connectivity index (χ0) is 25.2. The van der Waals surface area contributed by atoms with Gasteiger partial charge in [-0.2, -0.15) is 0 Å². The van der Waals surface area contributed by atoms with Crippen molar-refractivity contribution in [2.24, 2.45) is 17.2 Å². The van der Waals surface area contributed by atoms with Gasteiger partial charge >= 0.3 is 11.9 Å². The van der Waals surface area contributed by atoms with Gasteiger partial charge in [0.15, 0.2) is 0 Å². The highest BCUT2D eigenvalue weighted by Gasteiger charge is 2.13. The summed E-state index contributed by atoms with van der Waals surface area (Å²) in [5, 5.41) is 2.89. The molecule has 1 amide bonds. The maximum atomic E-state index is 11.9. The van der Waals surface area contributed by atoms with Crippen molar-refractivity contribution in [1.29, 1.82) is 0 Å². The molecule has 0 fully saturated rings. The molecule has 7 N–H and O–H groups in total. The lowest BCUT2D eigenvalue weighted by Gasteiger charge is -2.07. The standard InChI is InChI=1S/C17H19N3O3.C10H11NO/c18-9-12-4-6-15(7-5-12)20-11-16(21)23-17(22)14-3-1-2-13(8-14)10-19;11-10(12)9-5-4-7-2-1-3-8(7)6-9/h1-8,20H,9-11,18-19H2;4-6H,1-3H2,(H2,11,12). The monoisotopic (exact) mass is 474 g/mol. The summed E-state index contributed by atoms with van der Waals surface area (Å²) in [5.41, 5.74) is 22.3. The number of hydrogen-bond acceptors (Lipinski definition) is 7. The Bertz CT molecular complexity index is 1190. The van der Waals surface area contributed by atoms with Crippen molar-refractivity contribution in [3.8, 4) is 0 Å². The molecule has 0 heterocycles. The van der Waals surface area contributed by atoms with E-state index in [1.807, 2.05) is 42.5 Å². The predicted molar refractivity (Wildman–Crippen MR) is 135 cm³/mol. The molecule has 8 nitrogen and oxygen atoms in total. The largest absolute Gasteiger partial charge is 0.388 e. The molecular formula is C27H30N4O4. The minimum atomic E-state index is -0.689. The smallest absolute Gasteiger partial charge is 0.345 e. The maximum absolute atomic E-state index is 11.9. The van der Waals surface area contributed by atoms with Crippen LogP contribution in [0.3, 0.4) is 0 Å². The number of nitrogens with two attached hydrogens (primary N) is 3. The van der Waals surface area contributed by atoms with Gasteiger partial charge in [0.25, 0.3) is 0 Å². The van der Waals surface area contributed by atoms with Gasteiger partial charge in [-0.15, -0.1) is 0 Å². The van der Waals surface area contributed by atoms with E-state index in [0.29, 0.717) is 24.2 Å². The summed E-state index contributed by atoms with van der Waals surface area (Å²) in [6, 6.07) is 19.8. The maximum Gasteiger partial charge on any atom is 0.345 e. The van der Waals surface area contributed by atoms with Crippen LogP contribution in [-0.2, 0) is 35.5 Å². The third kappa shape index (κ3) is 7.49. The number of esters is 2. The fourth-order valence-corrected chi connectivity index (χ4v) is 3.68. The molecule has 0 aromatic heterocycles. The van der Waals surface area contributed by atoms with Crippen LogP contribution >= 0.6 is 0 Å². The molecule has 0 spiro atoms. The third-order valence-corrected chi connectivity index (χ3v) is 5.61. The number of carbonyl (C=O) groups is 3. The minimum Gasteiger partial charge on any atom is -0.388 e. The molecule has 0 radical (unpaired) electrons. The molecule has 3 aromatic carbocycles. The fourth-order valence-electron chi connectivity index (χ4n) is 3.68. The Kier molecular flexibility index (Phi) is 9.11. The van der Waals surface area contributed by atoms with Crippen LogP contribution in [0.25, 0.3) is 0 Å². The number of fused-ring (bicyclic) bond motifs is 1. The number of primary amides is 1. The van der Waals surface area contributed by atoms with Gasteiger partial charge in [-0.25, -0.2) is 9.59 Å². The Morgan fingerprint density at radius 2 is 1.51 bits per heavy atom. The molecule has 1 aliphatic carbocycles. The topological polar surface area (TPSA) is 151 Å². The Hall–Kier alpha value is -4.01.